The molecule has 1 aromatic carbocycles. The van der Waals surface area contributed by atoms with E-state index in [0.29, 0.717) is 12.0 Å². The van der Waals surface area contributed by atoms with E-state index in [1.807, 2.05) is 6.92 Å². The van der Waals surface area contributed by atoms with Gasteiger partial charge in [0.05, 0.1) is 11.1 Å². The largest absolute Gasteiger partial charge is 0.478 e. The van der Waals surface area contributed by atoms with E-state index in [1.54, 1.807) is 6.07 Å². The van der Waals surface area contributed by atoms with Crippen molar-refractivity contribution in [2.24, 2.45) is 0 Å². The van der Waals surface area contributed by atoms with Gasteiger partial charge in [-0.1, -0.05) is 70.8 Å². The minimum Gasteiger partial charge on any atom is -0.478 e. The highest BCUT2D eigenvalue weighted by Gasteiger charge is 2.21. The number of aryl methyl sites for hydroxylation is 1. The van der Waals surface area contributed by atoms with E-state index in [4.69, 9.17) is 0 Å². The minimum atomic E-state index is -1.18. The van der Waals surface area contributed by atoms with Gasteiger partial charge in [-0.2, -0.15) is 0 Å². The molecule has 0 aliphatic heterocycles. The standard InChI is InChI=1S/C21H32O4/c1-3-4-5-6-7-8-9-10-11-12-13-17-16(2)14-15-18(20(22)23)19(17)21(24)25/h14-15H,3-13H2,1-2H3,(H,22,23)(H,24,25). The van der Waals surface area contributed by atoms with Crippen molar-refractivity contribution in [3.8, 4) is 0 Å². The summed E-state index contributed by atoms with van der Waals surface area (Å²) in [5.74, 6) is -2.33. The van der Waals surface area contributed by atoms with Crippen molar-refractivity contribution in [3.63, 3.8) is 0 Å². The van der Waals surface area contributed by atoms with E-state index in [2.05, 4.69) is 6.92 Å². The summed E-state index contributed by atoms with van der Waals surface area (Å²) in [4.78, 5) is 22.8. The first-order valence-electron chi connectivity index (χ1n) is 9.58. The van der Waals surface area contributed by atoms with Crippen molar-refractivity contribution < 1.29 is 19.8 Å². The van der Waals surface area contributed by atoms with Gasteiger partial charge in [0.1, 0.15) is 0 Å². The van der Waals surface area contributed by atoms with E-state index in [0.717, 1.165) is 24.8 Å². The summed E-state index contributed by atoms with van der Waals surface area (Å²) in [6, 6.07) is 3.10. The summed E-state index contributed by atoms with van der Waals surface area (Å²) in [7, 11) is 0. The molecule has 0 saturated carbocycles. The van der Waals surface area contributed by atoms with Crippen LogP contribution in [0.3, 0.4) is 0 Å². The molecule has 140 valence electrons. The molecule has 0 radical (unpaired) electrons. The molecule has 0 aliphatic rings. The third kappa shape index (κ3) is 7.29. The first-order valence-corrected chi connectivity index (χ1v) is 9.58. The van der Waals surface area contributed by atoms with E-state index in [9.17, 15) is 19.8 Å². The van der Waals surface area contributed by atoms with Crippen molar-refractivity contribution in [2.75, 3.05) is 0 Å². The lowest BCUT2D eigenvalue weighted by Crippen LogP contribution is -2.13. The second-order valence-electron chi connectivity index (χ2n) is 6.83. The number of aromatic carboxylic acids is 2. The van der Waals surface area contributed by atoms with E-state index in [-0.39, 0.29) is 11.1 Å². The predicted octanol–water partition coefficient (Wildman–Crippen LogP) is 5.85. The maximum absolute atomic E-state index is 11.5. The molecular weight excluding hydrogens is 316 g/mol. The Morgan fingerprint density at radius 1 is 0.800 bits per heavy atom. The maximum Gasteiger partial charge on any atom is 0.336 e. The topological polar surface area (TPSA) is 74.6 Å². The van der Waals surface area contributed by atoms with E-state index >= 15 is 0 Å². The average molecular weight is 348 g/mol. The van der Waals surface area contributed by atoms with Gasteiger partial charge >= 0.3 is 11.9 Å². The molecule has 0 aromatic heterocycles. The van der Waals surface area contributed by atoms with Crippen molar-refractivity contribution in [3.05, 3.63) is 34.4 Å². The molecule has 4 nitrogen and oxygen atoms in total. The highest BCUT2D eigenvalue weighted by molar-refractivity contribution is 6.03. The summed E-state index contributed by atoms with van der Waals surface area (Å²) in [6.07, 6.45) is 12.8. The summed E-state index contributed by atoms with van der Waals surface area (Å²) in [6.45, 7) is 4.08. The maximum atomic E-state index is 11.5. The number of rotatable bonds is 13. The van der Waals surface area contributed by atoms with Gasteiger partial charge in [-0.05, 0) is 37.0 Å². The molecule has 0 saturated heterocycles. The number of carboxylic acids is 2. The van der Waals surface area contributed by atoms with Gasteiger partial charge in [0.15, 0.2) is 0 Å². The number of hydrogen-bond acceptors (Lipinski definition) is 2. The van der Waals surface area contributed by atoms with Crippen LogP contribution in [-0.2, 0) is 6.42 Å². The Bertz CT molecular complexity index is 563. The van der Waals surface area contributed by atoms with Crippen LogP contribution in [0.1, 0.15) is 103 Å². The number of carboxylic acid groups (broad SMARTS) is 2. The monoisotopic (exact) mass is 348 g/mol. The lowest BCUT2D eigenvalue weighted by atomic mass is 9.92. The third-order valence-corrected chi connectivity index (χ3v) is 4.77. The number of unbranched alkanes of at least 4 members (excludes halogenated alkanes) is 9. The van der Waals surface area contributed by atoms with Gasteiger partial charge in [0.25, 0.3) is 0 Å². The van der Waals surface area contributed by atoms with Crippen LogP contribution >= 0.6 is 0 Å². The zero-order chi connectivity index (χ0) is 18.7. The van der Waals surface area contributed by atoms with Crippen LogP contribution in [-0.4, -0.2) is 22.2 Å². The summed E-state index contributed by atoms with van der Waals surface area (Å²) >= 11 is 0. The van der Waals surface area contributed by atoms with Crippen LogP contribution in [0.2, 0.25) is 0 Å². The van der Waals surface area contributed by atoms with E-state index in [1.165, 1.54) is 51.0 Å². The molecule has 0 amide bonds. The summed E-state index contributed by atoms with van der Waals surface area (Å²) in [5.41, 5.74) is 1.38. The minimum absolute atomic E-state index is 0.0385. The Hall–Kier alpha value is -1.84. The summed E-state index contributed by atoms with van der Waals surface area (Å²) in [5, 5.41) is 18.6. The van der Waals surface area contributed by atoms with Crippen molar-refractivity contribution in [1.82, 2.24) is 0 Å². The molecule has 1 aromatic rings. The molecule has 0 atom stereocenters. The smallest absolute Gasteiger partial charge is 0.336 e. The number of hydrogen-bond donors (Lipinski definition) is 2. The Morgan fingerprint density at radius 3 is 1.80 bits per heavy atom. The lowest BCUT2D eigenvalue weighted by Gasteiger charge is -2.12. The molecule has 0 unspecified atom stereocenters. The normalized spacial score (nSPS) is 10.8. The second-order valence-corrected chi connectivity index (χ2v) is 6.83. The van der Waals surface area contributed by atoms with Gasteiger partial charge in [-0.3, -0.25) is 0 Å². The molecule has 0 heterocycles. The van der Waals surface area contributed by atoms with Crippen molar-refractivity contribution in [2.45, 2.75) is 84.5 Å². The van der Waals surface area contributed by atoms with Crippen molar-refractivity contribution in [1.29, 1.82) is 0 Å². The summed E-state index contributed by atoms with van der Waals surface area (Å²) < 4.78 is 0. The fraction of sp³-hybridized carbons (Fsp3) is 0.619. The molecule has 0 fully saturated rings. The van der Waals surface area contributed by atoms with Gasteiger partial charge in [0.2, 0.25) is 0 Å². The SMILES string of the molecule is CCCCCCCCCCCCc1c(C)ccc(C(=O)O)c1C(=O)O. The van der Waals surface area contributed by atoms with Crippen LogP contribution in [0.15, 0.2) is 12.1 Å². The average Bonchev–Trinajstić information content (AvgIpc) is 2.57. The van der Waals surface area contributed by atoms with Gasteiger partial charge in [0, 0.05) is 0 Å². The molecular formula is C21H32O4. The van der Waals surface area contributed by atoms with Gasteiger partial charge in [-0.25, -0.2) is 9.59 Å². The predicted molar refractivity (Wildman–Crippen MR) is 101 cm³/mol. The highest BCUT2D eigenvalue weighted by atomic mass is 16.4. The number of benzene rings is 1. The Labute approximate surface area is 151 Å². The highest BCUT2D eigenvalue weighted by Crippen LogP contribution is 2.22. The van der Waals surface area contributed by atoms with Crippen LogP contribution in [0.5, 0.6) is 0 Å². The number of carbonyl (C=O) groups is 2. The quantitative estimate of drug-likeness (QED) is 0.438. The Morgan fingerprint density at radius 2 is 1.32 bits per heavy atom. The molecule has 0 spiro atoms. The second kappa shape index (κ2) is 11.7. The zero-order valence-corrected chi connectivity index (χ0v) is 15.6. The van der Waals surface area contributed by atoms with Gasteiger partial charge < -0.3 is 10.2 Å². The first-order chi connectivity index (χ1) is 12.0. The zero-order valence-electron chi connectivity index (χ0n) is 15.6. The molecule has 4 heteroatoms. The van der Waals surface area contributed by atoms with Crippen LogP contribution in [0.4, 0.5) is 0 Å². The van der Waals surface area contributed by atoms with Crippen LogP contribution in [0.25, 0.3) is 0 Å². The van der Waals surface area contributed by atoms with Gasteiger partial charge in [-0.15, -0.1) is 0 Å². The van der Waals surface area contributed by atoms with Crippen LogP contribution in [0, 0.1) is 6.92 Å². The van der Waals surface area contributed by atoms with E-state index < -0.39 is 11.9 Å². The molecule has 0 aliphatic carbocycles. The molecule has 0 bridgehead atoms. The first kappa shape index (κ1) is 21.2. The Balaban J connectivity index is 2.43. The molecule has 1 rings (SSSR count). The fourth-order valence-electron chi connectivity index (χ4n) is 3.29. The third-order valence-electron chi connectivity index (χ3n) is 4.77. The lowest BCUT2D eigenvalue weighted by molar-refractivity contribution is 0.0650. The van der Waals surface area contributed by atoms with Crippen LogP contribution < -0.4 is 0 Å². The van der Waals surface area contributed by atoms with Crippen molar-refractivity contribution >= 4 is 11.9 Å². The fourth-order valence-corrected chi connectivity index (χ4v) is 3.29. The molecule has 25 heavy (non-hydrogen) atoms. The molecule has 2 N–H and O–H groups in total. The Kier molecular flexibility index (Phi) is 9.90.